The van der Waals surface area contributed by atoms with E-state index in [2.05, 4.69) is 41.0 Å². The molecule has 0 spiro atoms. The van der Waals surface area contributed by atoms with Gasteiger partial charge in [-0.1, -0.05) is 42.5 Å². The topological polar surface area (TPSA) is 44.4 Å². The van der Waals surface area contributed by atoms with Crippen molar-refractivity contribution in [2.75, 3.05) is 31.1 Å². The number of nitrogens with zero attached hydrogens (tertiary/aromatic N) is 1. The molecular formula is C28H31N3O. The number of amides is 1. The molecule has 1 saturated carbocycles. The molecule has 1 saturated heterocycles. The van der Waals surface area contributed by atoms with E-state index in [-0.39, 0.29) is 5.91 Å². The minimum absolute atomic E-state index is 0.107. The zero-order chi connectivity index (χ0) is 21.5. The number of hydrogen-bond acceptors (Lipinski definition) is 3. The summed E-state index contributed by atoms with van der Waals surface area (Å²) in [6.45, 7) is 4.26. The number of benzene rings is 3. The Bertz CT molecular complexity index is 1150. The van der Waals surface area contributed by atoms with E-state index in [1.54, 1.807) is 0 Å². The molecule has 1 aliphatic carbocycles. The Balaban J connectivity index is 1.13. The van der Waals surface area contributed by atoms with Crippen molar-refractivity contribution >= 4 is 22.4 Å². The van der Waals surface area contributed by atoms with Crippen molar-refractivity contribution in [1.82, 2.24) is 10.6 Å². The summed E-state index contributed by atoms with van der Waals surface area (Å²) in [5.74, 6) is 1.56. The Morgan fingerprint density at radius 3 is 2.72 bits per heavy atom. The van der Waals surface area contributed by atoms with Gasteiger partial charge in [0.1, 0.15) is 0 Å². The lowest BCUT2D eigenvalue weighted by Gasteiger charge is -2.23. The van der Waals surface area contributed by atoms with Gasteiger partial charge in [-0.05, 0) is 91.3 Å². The highest BCUT2D eigenvalue weighted by atomic mass is 16.2. The smallest absolute Gasteiger partial charge is 0.258 e. The van der Waals surface area contributed by atoms with Crippen LogP contribution in [-0.2, 0) is 6.42 Å². The summed E-state index contributed by atoms with van der Waals surface area (Å²) in [7, 11) is 0. The second-order valence-corrected chi connectivity index (χ2v) is 9.71. The summed E-state index contributed by atoms with van der Waals surface area (Å²) in [5, 5.41) is 9.55. The molecule has 0 unspecified atom stereocenters. The van der Waals surface area contributed by atoms with Crippen molar-refractivity contribution < 1.29 is 4.79 Å². The van der Waals surface area contributed by atoms with Crippen molar-refractivity contribution in [3.8, 4) is 0 Å². The largest absolute Gasteiger partial charge is 0.317 e. The maximum atomic E-state index is 13.3. The molecule has 2 fully saturated rings. The third-order valence-electron chi connectivity index (χ3n) is 7.59. The Morgan fingerprint density at radius 1 is 1.00 bits per heavy atom. The van der Waals surface area contributed by atoms with Crippen LogP contribution in [0.25, 0.3) is 10.8 Å². The van der Waals surface area contributed by atoms with Crippen molar-refractivity contribution in [3.63, 3.8) is 0 Å². The van der Waals surface area contributed by atoms with Crippen LogP contribution in [0.5, 0.6) is 0 Å². The van der Waals surface area contributed by atoms with Gasteiger partial charge in [0.25, 0.3) is 5.91 Å². The van der Waals surface area contributed by atoms with E-state index >= 15 is 0 Å². The maximum Gasteiger partial charge on any atom is 0.258 e. The molecule has 0 bridgehead atoms. The van der Waals surface area contributed by atoms with Gasteiger partial charge < -0.3 is 15.5 Å². The molecule has 3 aliphatic rings. The zero-order valence-electron chi connectivity index (χ0n) is 18.5. The molecule has 164 valence electrons. The van der Waals surface area contributed by atoms with Crippen LogP contribution in [-0.4, -0.2) is 38.1 Å². The number of fused-ring (bicyclic) bond motifs is 2. The fraction of sp³-hybridized carbons (Fsp3) is 0.393. The molecule has 32 heavy (non-hydrogen) atoms. The van der Waals surface area contributed by atoms with E-state index in [1.165, 1.54) is 48.9 Å². The normalized spacial score (nSPS) is 22.8. The lowest BCUT2D eigenvalue weighted by molar-refractivity contribution is 0.0989. The first-order valence-corrected chi connectivity index (χ1v) is 12.1. The van der Waals surface area contributed by atoms with Crippen molar-refractivity contribution in [2.24, 2.45) is 5.92 Å². The first-order valence-electron chi connectivity index (χ1n) is 12.1. The molecule has 4 heteroatoms. The molecule has 0 radical (unpaired) electrons. The third kappa shape index (κ3) is 3.82. The fourth-order valence-corrected chi connectivity index (χ4v) is 5.53. The Kier molecular flexibility index (Phi) is 5.20. The third-order valence-corrected chi connectivity index (χ3v) is 7.59. The molecule has 2 heterocycles. The van der Waals surface area contributed by atoms with Crippen molar-refractivity contribution in [3.05, 3.63) is 77.4 Å². The highest BCUT2D eigenvalue weighted by Gasteiger charge is 2.39. The summed E-state index contributed by atoms with van der Waals surface area (Å²) >= 11 is 0. The monoisotopic (exact) mass is 425 g/mol. The number of anilines is 1. The second-order valence-electron chi connectivity index (χ2n) is 9.71. The van der Waals surface area contributed by atoms with Crippen LogP contribution >= 0.6 is 0 Å². The summed E-state index contributed by atoms with van der Waals surface area (Å²) in [5.41, 5.74) is 4.61. The van der Waals surface area contributed by atoms with Gasteiger partial charge in [-0.3, -0.25) is 4.79 Å². The first-order chi connectivity index (χ1) is 15.8. The van der Waals surface area contributed by atoms with Gasteiger partial charge >= 0.3 is 0 Å². The van der Waals surface area contributed by atoms with E-state index in [1.807, 2.05) is 35.2 Å². The average Bonchev–Trinajstić information content (AvgIpc) is 3.51. The van der Waals surface area contributed by atoms with Crippen LogP contribution in [0.3, 0.4) is 0 Å². The minimum Gasteiger partial charge on any atom is -0.317 e. The van der Waals surface area contributed by atoms with Gasteiger partial charge in [-0.15, -0.1) is 0 Å². The molecule has 2 aliphatic heterocycles. The van der Waals surface area contributed by atoms with Crippen LogP contribution < -0.4 is 15.5 Å². The number of carbonyl (C=O) groups excluding carboxylic acids is 1. The van der Waals surface area contributed by atoms with Crippen LogP contribution in [0.2, 0.25) is 0 Å². The number of piperidine rings is 1. The SMILES string of the molecule is O=C(c1ccc2ccccc2c1)N1CCc2cc([C@@H]3C[C@H]3NCC3CCNCC3)ccc21. The van der Waals surface area contributed by atoms with Gasteiger partial charge in [0, 0.05) is 29.8 Å². The molecule has 2 atom stereocenters. The fourth-order valence-electron chi connectivity index (χ4n) is 5.53. The molecule has 3 aromatic rings. The number of carbonyl (C=O) groups is 1. The molecular weight excluding hydrogens is 394 g/mol. The zero-order valence-corrected chi connectivity index (χ0v) is 18.5. The molecule has 3 aromatic carbocycles. The Hall–Kier alpha value is -2.69. The van der Waals surface area contributed by atoms with Gasteiger partial charge in [0.15, 0.2) is 0 Å². The average molecular weight is 426 g/mol. The molecule has 6 rings (SSSR count). The van der Waals surface area contributed by atoms with Gasteiger partial charge in [0.2, 0.25) is 0 Å². The molecule has 2 N–H and O–H groups in total. The number of hydrogen-bond donors (Lipinski definition) is 2. The summed E-state index contributed by atoms with van der Waals surface area (Å²) in [6.07, 6.45) is 4.78. The number of nitrogens with one attached hydrogen (secondary N) is 2. The Morgan fingerprint density at radius 2 is 1.84 bits per heavy atom. The van der Waals surface area contributed by atoms with Crippen molar-refractivity contribution in [1.29, 1.82) is 0 Å². The van der Waals surface area contributed by atoms with Gasteiger partial charge in [-0.25, -0.2) is 0 Å². The Labute approximate surface area is 190 Å². The standard InChI is InChI=1S/C28H31N3O/c32-28(24-6-5-20-3-1-2-4-21(20)15-24)31-14-11-23-16-22(7-8-27(23)31)25-17-26(25)30-18-19-9-12-29-13-10-19/h1-8,15-16,19,25-26,29-30H,9-14,17-18H2/t25-,26+/m0/s1. The predicted octanol–water partition coefficient (Wildman–Crippen LogP) is 4.49. The van der Waals surface area contributed by atoms with Crippen LogP contribution in [0.15, 0.2) is 60.7 Å². The van der Waals surface area contributed by atoms with Gasteiger partial charge in [0.05, 0.1) is 0 Å². The molecule has 1 amide bonds. The van der Waals surface area contributed by atoms with Crippen LogP contribution in [0.1, 0.15) is 46.7 Å². The minimum atomic E-state index is 0.107. The van der Waals surface area contributed by atoms with E-state index in [0.29, 0.717) is 12.0 Å². The lowest BCUT2D eigenvalue weighted by atomic mass is 9.98. The first kappa shape index (κ1) is 20.0. The quantitative estimate of drug-likeness (QED) is 0.633. The van der Waals surface area contributed by atoms with E-state index in [9.17, 15) is 4.79 Å². The maximum absolute atomic E-state index is 13.3. The highest BCUT2D eigenvalue weighted by molar-refractivity contribution is 6.09. The summed E-state index contributed by atoms with van der Waals surface area (Å²) in [4.78, 5) is 15.2. The summed E-state index contributed by atoms with van der Waals surface area (Å²) < 4.78 is 0. The van der Waals surface area contributed by atoms with Gasteiger partial charge in [-0.2, -0.15) is 0 Å². The number of rotatable bonds is 5. The molecule has 4 nitrogen and oxygen atoms in total. The molecule has 0 aromatic heterocycles. The lowest BCUT2D eigenvalue weighted by Crippen LogP contribution is -2.34. The highest BCUT2D eigenvalue weighted by Crippen LogP contribution is 2.43. The van der Waals surface area contributed by atoms with E-state index in [4.69, 9.17) is 0 Å². The summed E-state index contributed by atoms with van der Waals surface area (Å²) in [6, 6.07) is 21.7. The van der Waals surface area contributed by atoms with E-state index < -0.39 is 0 Å². The van der Waals surface area contributed by atoms with Crippen LogP contribution in [0, 0.1) is 5.92 Å². The predicted molar refractivity (Wildman–Crippen MR) is 131 cm³/mol. The van der Waals surface area contributed by atoms with Crippen LogP contribution in [0.4, 0.5) is 5.69 Å². The second kappa shape index (κ2) is 8.34. The van der Waals surface area contributed by atoms with Crippen molar-refractivity contribution in [2.45, 2.75) is 37.6 Å². The van der Waals surface area contributed by atoms with E-state index in [0.717, 1.165) is 42.1 Å².